The van der Waals surface area contributed by atoms with Crippen molar-refractivity contribution < 1.29 is 34.4 Å². The van der Waals surface area contributed by atoms with Gasteiger partial charge in [0.1, 0.15) is 5.75 Å². The van der Waals surface area contributed by atoms with Crippen molar-refractivity contribution in [2.24, 2.45) is 0 Å². The summed E-state index contributed by atoms with van der Waals surface area (Å²) in [6, 6.07) is 7.53. The van der Waals surface area contributed by atoms with Crippen LogP contribution in [0.15, 0.2) is 24.3 Å². The Morgan fingerprint density at radius 2 is 1.79 bits per heavy atom. The average molecular weight is 477 g/mol. The van der Waals surface area contributed by atoms with Gasteiger partial charge in [-0.05, 0) is 43.9 Å². The number of carbonyl (C=O) groups is 2. The topological polar surface area (TPSA) is 130 Å². The molecule has 0 aliphatic heterocycles. The van der Waals surface area contributed by atoms with Gasteiger partial charge in [0.25, 0.3) is 5.91 Å². The smallest absolute Gasteiger partial charge is 0.305 e. The predicted molar refractivity (Wildman–Crippen MR) is 128 cm³/mol. The van der Waals surface area contributed by atoms with Crippen molar-refractivity contribution in [2.75, 3.05) is 27.4 Å². The van der Waals surface area contributed by atoms with Gasteiger partial charge >= 0.3 is 5.97 Å². The first kappa shape index (κ1) is 27.4. The maximum Gasteiger partial charge on any atom is 0.305 e. The van der Waals surface area contributed by atoms with Crippen LogP contribution >= 0.6 is 0 Å². The Hall–Kier alpha value is -2.88. The maximum atomic E-state index is 13.2. The fraction of sp³-hybridized carbons (Fsp3) is 0.520. The van der Waals surface area contributed by atoms with Crippen LogP contribution in [0.25, 0.3) is 11.1 Å². The number of nitrogens with zero attached hydrogens (tertiary/aromatic N) is 1. The molecule has 9 nitrogen and oxygen atoms in total. The van der Waals surface area contributed by atoms with E-state index in [4.69, 9.17) is 14.6 Å². The Kier molecular flexibility index (Phi) is 10.6. The molecule has 0 fully saturated rings. The zero-order chi connectivity index (χ0) is 25.3. The van der Waals surface area contributed by atoms with E-state index in [1.54, 1.807) is 14.2 Å². The first-order valence-electron chi connectivity index (χ1n) is 11.4. The predicted octanol–water partition coefficient (Wildman–Crippen LogP) is 2.39. The van der Waals surface area contributed by atoms with E-state index in [9.17, 15) is 19.8 Å². The number of aliphatic hydroxyl groups excluding tert-OH is 2. The summed E-state index contributed by atoms with van der Waals surface area (Å²) in [6.07, 6.45) is -1.45. The molecule has 2 aromatic rings. The highest BCUT2D eigenvalue weighted by atomic mass is 16.5. The molecule has 1 aromatic heterocycles. The number of amides is 1. The molecule has 1 amide bonds. The lowest BCUT2D eigenvalue weighted by Crippen LogP contribution is -2.27. The van der Waals surface area contributed by atoms with E-state index >= 15 is 0 Å². The Labute approximate surface area is 200 Å². The van der Waals surface area contributed by atoms with Crippen molar-refractivity contribution in [2.45, 2.75) is 58.3 Å². The summed E-state index contributed by atoms with van der Waals surface area (Å²) in [4.78, 5) is 24.0. The lowest BCUT2D eigenvalue weighted by molar-refractivity contribution is -0.139. The van der Waals surface area contributed by atoms with Gasteiger partial charge in [0.05, 0.1) is 37.9 Å². The summed E-state index contributed by atoms with van der Waals surface area (Å²) in [5, 5.41) is 31.9. The number of methoxy groups -OCH3 is 2. The second-order valence-corrected chi connectivity index (χ2v) is 8.19. The number of ether oxygens (including phenoxy) is 2. The first-order valence-corrected chi connectivity index (χ1v) is 11.4. The van der Waals surface area contributed by atoms with Crippen molar-refractivity contribution in [1.82, 2.24) is 9.88 Å². The summed E-state index contributed by atoms with van der Waals surface area (Å²) < 4.78 is 12.3. The van der Waals surface area contributed by atoms with Crippen LogP contribution in [0.2, 0.25) is 0 Å². The van der Waals surface area contributed by atoms with Gasteiger partial charge in [-0.2, -0.15) is 0 Å². The van der Waals surface area contributed by atoms with Crippen LogP contribution in [0.5, 0.6) is 5.75 Å². The van der Waals surface area contributed by atoms with Gasteiger partial charge < -0.3 is 34.7 Å². The molecule has 9 heteroatoms. The molecule has 0 spiro atoms. The number of carboxylic acid groups (broad SMARTS) is 1. The van der Waals surface area contributed by atoms with Crippen molar-refractivity contribution in [1.29, 1.82) is 0 Å². The molecule has 0 aliphatic rings. The number of hydrogen-bond donors (Lipinski definition) is 4. The van der Waals surface area contributed by atoms with Crippen LogP contribution in [0.3, 0.4) is 0 Å². The average Bonchev–Trinajstić information content (AvgIpc) is 3.08. The van der Waals surface area contributed by atoms with Gasteiger partial charge in [0.15, 0.2) is 0 Å². The summed E-state index contributed by atoms with van der Waals surface area (Å²) in [6.45, 7) is 5.09. The first-order chi connectivity index (χ1) is 16.2. The fourth-order valence-corrected chi connectivity index (χ4v) is 4.16. The third kappa shape index (κ3) is 7.06. The van der Waals surface area contributed by atoms with E-state index in [-0.39, 0.29) is 12.3 Å². The summed E-state index contributed by atoms with van der Waals surface area (Å²) in [5.41, 5.74) is 4.01. The zero-order valence-corrected chi connectivity index (χ0v) is 20.3. The molecule has 0 saturated carbocycles. The summed E-state index contributed by atoms with van der Waals surface area (Å²) in [5.74, 6) is -0.596. The van der Waals surface area contributed by atoms with Crippen molar-refractivity contribution in [3.8, 4) is 16.9 Å². The Morgan fingerprint density at radius 3 is 2.35 bits per heavy atom. The molecule has 2 atom stereocenters. The van der Waals surface area contributed by atoms with Gasteiger partial charge in [-0.1, -0.05) is 19.1 Å². The molecule has 0 unspecified atom stereocenters. The number of aliphatic carboxylic acids is 1. The van der Waals surface area contributed by atoms with Gasteiger partial charge in [0, 0.05) is 37.2 Å². The number of hydrogen-bond acceptors (Lipinski definition) is 6. The number of carboxylic acids is 1. The number of aromatic nitrogens is 1. The number of rotatable bonds is 14. The zero-order valence-electron chi connectivity index (χ0n) is 20.3. The lowest BCUT2D eigenvalue weighted by atomic mass is 9.98. The minimum atomic E-state index is -1.11. The molecule has 0 radical (unpaired) electrons. The molecular weight excluding hydrogens is 440 g/mol. The van der Waals surface area contributed by atoms with Gasteiger partial charge in [0.2, 0.25) is 0 Å². The Morgan fingerprint density at radius 1 is 1.12 bits per heavy atom. The monoisotopic (exact) mass is 476 g/mol. The number of carbonyl (C=O) groups excluding carboxylic acids is 1. The minimum absolute atomic E-state index is 0.0240. The quantitative estimate of drug-likeness (QED) is 0.308. The van der Waals surface area contributed by atoms with Crippen LogP contribution in [0.4, 0.5) is 0 Å². The largest absolute Gasteiger partial charge is 0.497 e. The normalized spacial score (nSPS) is 12.9. The van der Waals surface area contributed by atoms with E-state index in [0.717, 1.165) is 22.5 Å². The van der Waals surface area contributed by atoms with E-state index in [0.29, 0.717) is 43.9 Å². The second kappa shape index (κ2) is 13.1. The van der Waals surface area contributed by atoms with Gasteiger partial charge in [-0.15, -0.1) is 0 Å². The fourth-order valence-electron chi connectivity index (χ4n) is 4.16. The molecule has 1 aromatic carbocycles. The number of benzene rings is 1. The van der Waals surface area contributed by atoms with Crippen molar-refractivity contribution in [3.63, 3.8) is 0 Å². The molecular formula is C25H36N2O7. The minimum Gasteiger partial charge on any atom is -0.497 e. The third-order valence-electron chi connectivity index (χ3n) is 5.80. The van der Waals surface area contributed by atoms with Gasteiger partial charge in [-0.3, -0.25) is 9.59 Å². The second-order valence-electron chi connectivity index (χ2n) is 8.19. The molecule has 4 N–H and O–H groups in total. The molecule has 34 heavy (non-hydrogen) atoms. The standard InChI is InChI=1S/C25H36N2O7/c1-5-21-24(17-6-8-20(34-4)9-7-17)23(25(32)26-11-13-33-3)16(2)27(21)12-10-18(28)14-19(29)15-22(30)31/h6-9,18-19,28-29H,5,10-15H2,1-4H3,(H,26,32)(H,30,31)/t18-,19-/m1/s1. The van der Waals surface area contributed by atoms with Crippen LogP contribution in [-0.2, 0) is 22.5 Å². The van der Waals surface area contributed by atoms with Crippen LogP contribution in [-0.4, -0.2) is 71.3 Å². The molecule has 188 valence electrons. The molecule has 2 rings (SSSR count). The highest BCUT2D eigenvalue weighted by molar-refractivity contribution is 6.03. The van der Waals surface area contributed by atoms with Crippen LogP contribution < -0.4 is 10.1 Å². The SMILES string of the molecule is CCc1c(-c2ccc(OC)cc2)c(C(=O)NCCOC)c(C)n1CC[C@@H](O)C[C@@H](O)CC(=O)O. The Balaban J connectivity index is 2.40. The van der Waals surface area contributed by atoms with Gasteiger partial charge in [-0.25, -0.2) is 0 Å². The van der Waals surface area contributed by atoms with E-state index in [1.165, 1.54) is 0 Å². The number of nitrogens with one attached hydrogen (secondary N) is 1. The van der Waals surface area contributed by atoms with Crippen LogP contribution in [0, 0.1) is 6.92 Å². The molecule has 1 heterocycles. The molecule has 0 bridgehead atoms. The molecule has 0 saturated heterocycles. The van der Waals surface area contributed by atoms with E-state index in [1.807, 2.05) is 42.7 Å². The van der Waals surface area contributed by atoms with E-state index in [2.05, 4.69) is 5.32 Å². The highest BCUT2D eigenvalue weighted by Crippen LogP contribution is 2.34. The summed E-state index contributed by atoms with van der Waals surface area (Å²) in [7, 11) is 3.17. The van der Waals surface area contributed by atoms with Crippen molar-refractivity contribution >= 4 is 11.9 Å². The van der Waals surface area contributed by atoms with E-state index < -0.39 is 24.6 Å². The third-order valence-corrected chi connectivity index (χ3v) is 5.80. The van der Waals surface area contributed by atoms with Crippen LogP contribution in [0.1, 0.15) is 47.9 Å². The lowest BCUT2D eigenvalue weighted by Gasteiger charge is -2.17. The van der Waals surface area contributed by atoms with Crippen molar-refractivity contribution in [3.05, 3.63) is 41.2 Å². The number of aliphatic hydroxyl groups is 2. The summed E-state index contributed by atoms with van der Waals surface area (Å²) >= 11 is 0. The maximum absolute atomic E-state index is 13.2. The highest BCUT2D eigenvalue weighted by Gasteiger charge is 2.26. The Bertz CT molecular complexity index is 953. The molecule has 0 aliphatic carbocycles.